The number of amides is 2. The number of nitrogens with one attached hydrogen (secondary N) is 1. The van der Waals surface area contributed by atoms with Gasteiger partial charge in [0.2, 0.25) is 11.8 Å². The van der Waals surface area contributed by atoms with Crippen LogP contribution in [0, 0.1) is 13.8 Å². The van der Waals surface area contributed by atoms with Crippen molar-refractivity contribution in [2.75, 3.05) is 6.54 Å². The number of aryl methyl sites for hydroxylation is 2. The first-order valence-electron chi connectivity index (χ1n) is 10.3. The van der Waals surface area contributed by atoms with Gasteiger partial charge in [-0.25, -0.2) is 0 Å². The Kier molecular flexibility index (Phi) is 9.19. The van der Waals surface area contributed by atoms with Crippen LogP contribution in [0.5, 0.6) is 0 Å². The molecule has 0 radical (unpaired) electrons. The van der Waals surface area contributed by atoms with Gasteiger partial charge in [-0.1, -0.05) is 66.4 Å². The van der Waals surface area contributed by atoms with Crippen LogP contribution in [-0.2, 0) is 22.6 Å². The van der Waals surface area contributed by atoms with Crippen molar-refractivity contribution in [1.29, 1.82) is 0 Å². The van der Waals surface area contributed by atoms with Crippen LogP contribution in [0.4, 0.5) is 0 Å². The van der Waals surface area contributed by atoms with Gasteiger partial charge in [-0.15, -0.1) is 0 Å². The van der Waals surface area contributed by atoms with E-state index in [0.717, 1.165) is 29.5 Å². The predicted octanol–water partition coefficient (Wildman–Crippen LogP) is 5.49. The van der Waals surface area contributed by atoms with Crippen molar-refractivity contribution in [2.45, 2.75) is 59.5 Å². The highest BCUT2D eigenvalue weighted by Gasteiger charge is 2.27. The highest BCUT2D eigenvalue weighted by molar-refractivity contribution is 6.36. The highest BCUT2D eigenvalue weighted by atomic mass is 35.5. The largest absolute Gasteiger partial charge is 0.354 e. The second-order valence-electron chi connectivity index (χ2n) is 7.65. The van der Waals surface area contributed by atoms with Crippen LogP contribution in [0.2, 0.25) is 10.0 Å². The first-order valence-corrected chi connectivity index (χ1v) is 11.1. The Hall–Kier alpha value is -2.04. The number of carbonyl (C=O) groups excluding carboxylic acids is 2. The number of hydrogen-bond acceptors (Lipinski definition) is 2. The molecule has 0 bridgehead atoms. The summed E-state index contributed by atoms with van der Waals surface area (Å²) in [7, 11) is 0. The summed E-state index contributed by atoms with van der Waals surface area (Å²) in [5.74, 6) is -0.321. The summed E-state index contributed by atoms with van der Waals surface area (Å²) in [4.78, 5) is 27.6. The van der Waals surface area contributed by atoms with Gasteiger partial charge in [0, 0.05) is 28.7 Å². The van der Waals surface area contributed by atoms with E-state index in [1.807, 2.05) is 32.0 Å². The molecule has 0 aliphatic carbocycles. The molecule has 2 amide bonds. The lowest BCUT2D eigenvalue weighted by Crippen LogP contribution is -2.48. The number of unbranched alkanes of at least 4 members (excludes halogenated alkanes) is 1. The summed E-state index contributed by atoms with van der Waals surface area (Å²) >= 11 is 12.7. The van der Waals surface area contributed by atoms with E-state index in [9.17, 15) is 9.59 Å². The average Bonchev–Trinajstić information content (AvgIpc) is 2.70. The Bertz CT molecular complexity index is 879. The minimum absolute atomic E-state index is 0.141. The number of rotatable bonds is 9. The topological polar surface area (TPSA) is 49.4 Å². The Morgan fingerprint density at radius 2 is 1.77 bits per heavy atom. The molecule has 0 saturated carbocycles. The maximum atomic E-state index is 13.3. The van der Waals surface area contributed by atoms with E-state index in [1.165, 1.54) is 0 Å². The fourth-order valence-electron chi connectivity index (χ4n) is 3.23. The SMILES string of the molecule is CCCCNC(=O)[C@@H](C)N(Cc1c(Cl)cccc1Cl)C(=O)Cc1cc(C)ccc1C. The van der Waals surface area contributed by atoms with Crippen LogP contribution >= 0.6 is 23.2 Å². The van der Waals surface area contributed by atoms with Crippen molar-refractivity contribution in [3.8, 4) is 0 Å². The minimum atomic E-state index is -0.646. The van der Waals surface area contributed by atoms with E-state index in [-0.39, 0.29) is 24.8 Å². The molecule has 30 heavy (non-hydrogen) atoms. The smallest absolute Gasteiger partial charge is 0.242 e. The van der Waals surface area contributed by atoms with Gasteiger partial charge < -0.3 is 10.2 Å². The van der Waals surface area contributed by atoms with Crippen molar-refractivity contribution < 1.29 is 9.59 Å². The van der Waals surface area contributed by atoms with Crippen molar-refractivity contribution >= 4 is 35.0 Å². The molecular weight excluding hydrogens is 419 g/mol. The molecule has 2 aromatic rings. The Morgan fingerprint density at radius 3 is 2.40 bits per heavy atom. The Morgan fingerprint density at radius 1 is 1.10 bits per heavy atom. The molecule has 1 atom stereocenters. The fraction of sp³-hybridized carbons (Fsp3) is 0.417. The van der Waals surface area contributed by atoms with Crippen LogP contribution < -0.4 is 5.32 Å². The lowest BCUT2D eigenvalue weighted by atomic mass is 10.0. The number of benzene rings is 2. The van der Waals surface area contributed by atoms with Gasteiger partial charge in [-0.3, -0.25) is 9.59 Å². The van der Waals surface area contributed by atoms with Gasteiger partial charge in [-0.05, 0) is 50.5 Å². The molecule has 162 valence electrons. The molecule has 4 nitrogen and oxygen atoms in total. The fourth-order valence-corrected chi connectivity index (χ4v) is 3.74. The van der Waals surface area contributed by atoms with E-state index >= 15 is 0 Å². The molecule has 2 aromatic carbocycles. The van der Waals surface area contributed by atoms with Crippen LogP contribution in [-0.4, -0.2) is 29.3 Å². The Labute approximate surface area is 189 Å². The number of carbonyl (C=O) groups is 2. The molecule has 0 saturated heterocycles. The number of halogens is 2. The highest BCUT2D eigenvalue weighted by Crippen LogP contribution is 2.27. The lowest BCUT2D eigenvalue weighted by Gasteiger charge is -2.29. The summed E-state index contributed by atoms with van der Waals surface area (Å²) in [6, 6.07) is 10.6. The maximum Gasteiger partial charge on any atom is 0.242 e. The second-order valence-corrected chi connectivity index (χ2v) is 8.46. The van der Waals surface area contributed by atoms with Crippen LogP contribution in [0.25, 0.3) is 0 Å². The molecule has 0 aromatic heterocycles. The van der Waals surface area contributed by atoms with Crippen molar-refractivity contribution in [3.63, 3.8) is 0 Å². The predicted molar refractivity (Wildman–Crippen MR) is 124 cm³/mol. The van der Waals surface area contributed by atoms with Crippen LogP contribution in [0.3, 0.4) is 0 Å². The van der Waals surface area contributed by atoms with E-state index in [4.69, 9.17) is 23.2 Å². The third kappa shape index (κ3) is 6.48. The molecular formula is C24H30Cl2N2O2. The first-order chi connectivity index (χ1) is 14.2. The molecule has 0 heterocycles. The third-order valence-electron chi connectivity index (χ3n) is 5.23. The minimum Gasteiger partial charge on any atom is -0.354 e. The van der Waals surface area contributed by atoms with Gasteiger partial charge in [-0.2, -0.15) is 0 Å². The summed E-state index contributed by atoms with van der Waals surface area (Å²) in [5, 5.41) is 3.87. The lowest BCUT2D eigenvalue weighted by molar-refractivity contribution is -0.140. The normalized spacial score (nSPS) is 11.8. The second kappa shape index (κ2) is 11.4. The summed E-state index contributed by atoms with van der Waals surface area (Å²) in [5.41, 5.74) is 3.73. The molecule has 0 aliphatic rings. The Balaban J connectivity index is 2.30. The molecule has 0 unspecified atom stereocenters. The standard InChI is InChI=1S/C24H30Cl2N2O2/c1-5-6-12-27-24(30)18(4)28(15-20-21(25)8-7-9-22(20)26)23(29)14-19-13-16(2)10-11-17(19)3/h7-11,13,18H,5-6,12,14-15H2,1-4H3,(H,27,30)/t18-/m1/s1. The first kappa shape index (κ1) is 24.2. The van der Waals surface area contributed by atoms with Gasteiger partial charge in [0.25, 0.3) is 0 Å². The van der Waals surface area contributed by atoms with E-state index in [1.54, 1.807) is 30.0 Å². The monoisotopic (exact) mass is 448 g/mol. The molecule has 0 spiro atoms. The van der Waals surface area contributed by atoms with Gasteiger partial charge >= 0.3 is 0 Å². The number of hydrogen-bond donors (Lipinski definition) is 1. The summed E-state index contributed by atoms with van der Waals surface area (Å²) < 4.78 is 0. The van der Waals surface area contributed by atoms with Gasteiger partial charge in [0.15, 0.2) is 0 Å². The molecule has 2 rings (SSSR count). The van der Waals surface area contributed by atoms with Crippen molar-refractivity contribution in [3.05, 3.63) is 68.7 Å². The molecule has 6 heteroatoms. The zero-order valence-electron chi connectivity index (χ0n) is 18.1. The van der Waals surface area contributed by atoms with Gasteiger partial charge in [0.05, 0.1) is 6.42 Å². The molecule has 1 N–H and O–H groups in total. The van der Waals surface area contributed by atoms with E-state index in [2.05, 4.69) is 12.2 Å². The quantitative estimate of drug-likeness (QED) is 0.515. The average molecular weight is 449 g/mol. The maximum absolute atomic E-state index is 13.3. The van der Waals surface area contributed by atoms with Crippen LogP contribution in [0.1, 0.15) is 48.9 Å². The third-order valence-corrected chi connectivity index (χ3v) is 5.94. The zero-order chi connectivity index (χ0) is 22.3. The van der Waals surface area contributed by atoms with E-state index < -0.39 is 6.04 Å². The van der Waals surface area contributed by atoms with E-state index in [0.29, 0.717) is 22.2 Å². The number of nitrogens with zero attached hydrogens (tertiary/aromatic N) is 1. The molecule has 0 aliphatic heterocycles. The van der Waals surface area contributed by atoms with Crippen LogP contribution in [0.15, 0.2) is 36.4 Å². The van der Waals surface area contributed by atoms with Crippen molar-refractivity contribution in [2.24, 2.45) is 0 Å². The van der Waals surface area contributed by atoms with Gasteiger partial charge in [0.1, 0.15) is 6.04 Å². The molecule has 0 fully saturated rings. The summed E-state index contributed by atoms with van der Waals surface area (Å²) in [6.45, 7) is 8.55. The van der Waals surface area contributed by atoms with Crippen molar-refractivity contribution in [1.82, 2.24) is 10.2 Å². The summed E-state index contributed by atoms with van der Waals surface area (Å²) in [6.07, 6.45) is 2.09. The zero-order valence-corrected chi connectivity index (χ0v) is 19.6.